The van der Waals surface area contributed by atoms with Gasteiger partial charge in [0.25, 0.3) is 0 Å². The Morgan fingerprint density at radius 3 is 2.79 bits per heavy atom. The summed E-state index contributed by atoms with van der Waals surface area (Å²) in [5, 5.41) is 3.23. The third-order valence-electron chi connectivity index (χ3n) is 3.28. The Bertz CT molecular complexity index is 408. The van der Waals surface area contributed by atoms with Gasteiger partial charge in [-0.15, -0.1) is 0 Å². The van der Waals surface area contributed by atoms with E-state index in [9.17, 15) is 8.78 Å². The van der Waals surface area contributed by atoms with Crippen molar-refractivity contribution in [1.29, 1.82) is 0 Å². The summed E-state index contributed by atoms with van der Waals surface area (Å²) in [5.74, 6) is -0.772. The lowest BCUT2D eigenvalue weighted by Crippen LogP contribution is -2.44. The minimum Gasteiger partial charge on any atom is -0.379 e. The molecule has 0 unspecified atom stereocenters. The molecular weight excluding hydrogens is 250 g/mol. The van der Waals surface area contributed by atoms with Gasteiger partial charge in [-0.05, 0) is 25.1 Å². The van der Waals surface area contributed by atoms with Gasteiger partial charge in [0.05, 0.1) is 13.2 Å². The third kappa shape index (κ3) is 4.53. The van der Waals surface area contributed by atoms with E-state index in [0.29, 0.717) is 12.1 Å². The summed E-state index contributed by atoms with van der Waals surface area (Å²) < 4.78 is 31.8. The van der Waals surface area contributed by atoms with Gasteiger partial charge in [0.2, 0.25) is 0 Å². The fraction of sp³-hybridized carbons (Fsp3) is 0.571. The summed E-state index contributed by atoms with van der Waals surface area (Å²) in [6, 6.07) is 3.76. The van der Waals surface area contributed by atoms with Gasteiger partial charge in [-0.3, -0.25) is 4.90 Å². The van der Waals surface area contributed by atoms with Gasteiger partial charge >= 0.3 is 0 Å². The molecule has 1 aliphatic rings. The Kier molecular flexibility index (Phi) is 5.24. The van der Waals surface area contributed by atoms with Crippen LogP contribution in [0.5, 0.6) is 0 Å². The molecule has 1 saturated heterocycles. The van der Waals surface area contributed by atoms with Crippen molar-refractivity contribution in [2.45, 2.75) is 19.5 Å². The summed E-state index contributed by atoms with van der Waals surface area (Å²) >= 11 is 0. The zero-order chi connectivity index (χ0) is 13.7. The van der Waals surface area contributed by atoms with Crippen LogP contribution in [0.3, 0.4) is 0 Å². The molecule has 1 heterocycles. The monoisotopic (exact) mass is 270 g/mol. The van der Waals surface area contributed by atoms with Gasteiger partial charge in [-0.2, -0.15) is 0 Å². The van der Waals surface area contributed by atoms with Gasteiger partial charge < -0.3 is 10.1 Å². The fourth-order valence-electron chi connectivity index (χ4n) is 2.20. The topological polar surface area (TPSA) is 24.5 Å². The highest BCUT2D eigenvalue weighted by atomic mass is 19.1. The number of nitrogens with zero attached hydrogens (tertiary/aromatic N) is 1. The van der Waals surface area contributed by atoms with Gasteiger partial charge in [0.15, 0.2) is 0 Å². The molecule has 2 rings (SSSR count). The Morgan fingerprint density at radius 2 is 2.05 bits per heavy atom. The molecule has 0 saturated carbocycles. The zero-order valence-electron chi connectivity index (χ0n) is 11.2. The van der Waals surface area contributed by atoms with Crippen LogP contribution in [0.4, 0.5) is 8.78 Å². The van der Waals surface area contributed by atoms with Crippen molar-refractivity contribution < 1.29 is 13.5 Å². The number of hydrogen-bond acceptors (Lipinski definition) is 3. The molecule has 106 valence electrons. The smallest absolute Gasteiger partial charge is 0.127 e. The summed E-state index contributed by atoms with van der Waals surface area (Å²) in [4.78, 5) is 2.31. The highest BCUT2D eigenvalue weighted by Crippen LogP contribution is 2.09. The second-order valence-corrected chi connectivity index (χ2v) is 4.93. The van der Waals surface area contributed by atoms with Crippen molar-refractivity contribution in [2.75, 3.05) is 32.8 Å². The maximum atomic E-state index is 13.4. The number of halogens is 2. The highest BCUT2D eigenvalue weighted by molar-refractivity contribution is 5.18. The van der Waals surface area contributed by atoms with Gasteiger partial charge in [-0.1, -0.05) is 0 Å². The molecule has 0 bridgehead atoms. The first-order valence-electron chi connectivity index (χ1n) is 6.62. The van der Waals surface area contributed by atoms with Crippen LogP contribution < -0.4 is 5.32 Å². The van der Waals surface area contributed by atoms with Crippen LogP contribution in [0.1, 0.15) is 12.5 Å². The van der Waals surface area contributed by atoms with Crippen LogP contribution in [-0.2, 0) is 11.3 Å². The van der Waals surface area contributed by atoms with Crippen LogP contribution in [0, 0.1) is 11.6 Å². The van der Waals surface area contributed by atoms with Crippen LogP contribution in [0.25, 0.3) is 0 Å². The molecule has 1 aromatic carbocycles. The molecule has 1 fully saturated rings. The van der Waals surface area contributed by atoms with Crippen molar-refractivity contribution in [3.63, 3.8) is 0 Å². The van der Waals surface area contributed by atoms with Crippen molar-refractivity contribution in [3.8, 4) is 0 Å². The molecular formula is C14H20F2N2O. The standard InChI is InChI=1S/C14H20F2N2O/c1-11(10-18-4-6-19-7-5-18)17-9-12-8-13(15)2-3-14(12)16/h2-3,8,11,17H,4-7,9-10H2,1H3/t11-/m1/s1. The lowest BCUT2D eigenvalue weighted by molar-refractivity contribution is 0.0343. The summed E-state index contributed by atoms with van der Waals surface area (Å²) in [7, 11) is 0. The minimum absolute atomic E-state index is 0.223. The molecule has 1 N–H and O–H groups in total. The molecule has 0 radical (unpaired) electrons. The Labute approximate surface area is 112 Å². The largest absolute Gasteiger partial charge is 0.379 e. The molecule has 0 aliphatic carbocycles. The number of morpholine rings is 1. The Morgan fingerprint density at radius 1 is 1.32 bits per heavy atom. The number of hydrogen-bond donors (Lipinski definition) is 1. The van der Waals surface area contributed by atoms with E-state index in [1.54, 1.807) is 0 Å². The molecule has 1 atom stereocenters. The van der Waals surface area contributed by atoms with E-state index in [0.717, 1.165) is 38.9 Å². The first-order valence-corrected chi connectivity index (χ1v) is 6.62. The van der Waals surface area contributed by atoms with E-state index >= 15 is 0 Å². The van der Waals surface area contributed by atoms with E-state index < -0.39 is 5.82 Å². The second-order valence-electron chi connectivity index (χ2n) is 4.93. The summed E-state index contributed by atoms with van der Waals surface area (Å²) in [6.45, 7) is 6.68. The predicted octanol–water partition coefficient (Wildman–Crippen LogP) is 1.78. The second kappa shape index (κ2) is 6.93. The van der Waals surface area contributed by atoms with Crippen molar-refractivity contribution in [1.82, 2.24) is 10.2 Å². The average molecular weight is 270 g/mol. The molecule has 1 aliphatic heterocycles. The fourth-order valence-corrected chi connectivity index (χ4v) is 2.20. The molecule has 3 nitrogen and oxygen atoms in total. The first-order chi connectivity index (χ1) is 9.15. The minimum atomic E-state index is -0.404. The van der Waals surface area contributed by atoms with Gasteiger partial charge in [-0.25, -0.2) is 8.78 Å². The van der Waals surface area contributed by atoms with Crippen LogP contribution in [0.2, 0.25) is 0 Å². The van der Waals surface area contributed by atoms with Crippen molar-refractivity contribution in [3.05, 3.63) is 35.4 Å². The highest BCUT2D eigenvalue weighted by Gasteiger charge is 2.13. The Hall–Kier alpha value is -1.04. The predicted molar refractivity (Wildman–Crippen MR) is 69.9 cm³/mol. The third-order valence-corrected chi connectivity index (χ3v) is 3.28. The van der Waals surface area contributed by atoms with Gasteiger partial charge in [0.1, 0.15) is 11.6 Å². The van der Waals surface area contributed by atoms with Crippen molar-refractivity contribution >= 4 is 0 Å². The van der Waals surface area contributed by atoms with E-state index in [1.165, 1.54) is 12.1 Å². The maximum Gasteiger partial charge on any atom is 0.127 e. The van der Waals surface area contributed by atoms with E-state index in [2.05, 4.69) is 10.2 Å². The van der Waals surface area contributed by atoms with E-state index in [-0.39, 0.29) is 11.9 Å². The van der Waals surface area contributed by atoms with Crippen LogP contribution >= 0.6 is 0 Å². The van der Waals surface area contributed by atoms with E-state index in [4.69, 9.17) is 4.74 Å². The molecule has 1 aromatic rings. The molecule has 0 aromatic heterocycles. The Balaban J connectivity index is 1.79. The molecule has 0 amide bonds. The molecule has 0 spiro atoms. The average Bonchev–Trinajstić information content (AvgIpc) is 2.41. The summed E-state index contributed by atoms with van der Waals surface area (Å²) in [6.07, 6.45) is 0. The maximum absolute atomic E-state index is 13.4. The van der Waals surface area contributed by atoms with Crippen molar-refractivity contribution in [2.24, 2.45) is 0 Å². The van der Waals surface area contributed by atoms with Crippen LogP contribution in [0.15, 0.2) is 18.2 Å². The van der Waals surface area contributed by atoms with E-state index in [1.807, 2.05) is 6.92 Å². The normalized spacial score (nSPS) is 18.5. The lowest BCUT2D eigenvalue weighted by atomic mass is 10.2. The summed E-state index contributed by atoms with van der Waals surface area (Å²) in [5.41, 5.74) is 0.369. The number of rotatable bonds is 5. The quantitative estimate of drug-likeness (QED) is 0.882. The molecule has 19 heavy (non-hydrogen) atoms. The number of nitrogens with one attached hydrogen (secondary N) is 1. The zero-order valence-corrected chi connectivity index (χ0v) is 11.2. The molecule has 5 heteroatoms. The number of ether oxygens (including phenoxy) is 1. The lowest BCUT2D eigenvalue weighted by Gasteiger charge is -2.29. The first kappa shape index (κ1) is 14.4. The van der Waals surface area contributed by atoms with Gasteiger partial charge in [0, 0.05) is 37.8 Å². The van der Waals surface area contributed by atoms with Crippen LogP contribution in [-0.4, -0.2) is 43.8 Å². The number of benzene rings is 1. The SMILES string of the molecule is C[C@H](CN1CCOCC1)NCc1cc(F)ccc1F.